The zero-order valence-corrected chi connectivity index (χ0v) is 6.91. The minimum absolute atomic E-state index is 1.12. The van der Waals surface area contributed by atoms with Crippen LogP contribution in [-0.2, 0) is 18.9 Å². The van der Waals surface area contributed by atoms with E-state index in [9.17, 15) is 0 Å². The van der Waals surface area contributed by atoms with E-state index in [0.29, 0.717) is 0 Å². The third-order valence-electron chi connectivity index (χ3n) is 0.922. The van der Waals surface area contributed by atoms with Gasteiger partial charge in [0.05, 0.1) is 0 Å². The van der Waals surface area contributed by atoms with Gasteiger partial charge in [-0.2, -0.15) is 0 Å². The first-order valence-electron chi connectivity index (χ1n) is 2.35. The first-order chi connectivity index (χ1) is 3.80. The number of hydrogen-bond donors (Lipinski definition) is 0. The minimum atomic E-state index is 1.12. The van der Waals surface area contributed by atoms with Crippen molar-refractivity contribution in [2.45, 2.75) is 6.92 Å². The van der Waals surface area contributed by atoms with Crippen LogP contribution < -0.4 is 4.21 Å². The summed E-state index contributed by atoms with van der Waals surface area (Å²) in [6.45, 7) is 2.06. The van der Waals surface area contributed by atoms with Crippen LogP contribution in [0.1, 0.15) is 5.56 Å². The molecule has 0 aliphatic carbocycles. The molecular weight excluding hydrogens is 278 g/mol. The Kier molecular flexibility index (Phi) is 1.76. The molecule has 0 unspecified atom stereocenters. The predicted octanol–water partition coefficient (Wildman–Crippen LogP) is 0.562. The van der Waals surface area contributed by atoms with Crippen LogP contribution in [0.2, 0.25) is 0 Å². The molecule has 0 N–H and O–H groups in total. The monoisotopic (exact) mass is 285 g/mol. The van der Waals surface area contributed by atoms with E-state index in [4.69, 9.17) is 0 Å². The molecule has 0 fully saturated rings. The molecule has 1 aromatic rings. The quantitative estimate of drug-likeness (QED) is 0.678. The molecule has 1 nitrogen and oxygen atoms in total. The Hall–Kier alpha value is -0.201. The second-order valence-corrected chi connectivity index (χ2v) is 2.72. The Balaban J connectivity index is 3.13. The fraction of sp³-hybridized carbons (Fsp3) is 0.167. The summed E-state index contributed by atoms with van der Waals surface area (Å²) in [6, 6.07) is 4.00. The van der Waals surface area contributed by atoms with Crippen LogP contribution in [0.3, 0.4) is 0 Å². The van der Waals surface area contributed by atoms with Crippen molar-refractivity contribution in [2.75, 3.05) is 0 Å². The molecule has 0 atom stereocenters. The van der Waals surface area contributed by atoms with Crippen molar-refractivity contribution in [1.82, 2.24) is 4.98 Å². The molecule has 0 spiro atoms. The summed E-state index contributed by atoms with van der Waals surface area (Å²) in [7, 11) is 0. The molecule has 0 saturated heterocycles. The number of rotatable bonds is 0. The molecular formula is C6H6IrN. The molecule has 8 heavy (non-hydrogen) atoms. The summed E-state index contributed by atoms with van der Waals surface area (Å²) in [6.07, 6.45) is 1.81. The van der Waals surface area contributed by atoms with E-state index in [1.54, 1.807) is 0 Å². The van der Waals surface area contributed by atoms with Gasteiger partial charge in [-0.05, 0) is 0 Å². The molecule has 0 aliphatic rings. The van der Waals surface area contributed by atoms with Crippen LogP contribution >= 0.6 is 0 Å². The van der Waals surface area contributed by atoms with Gasteiger partial charge < -0.3 is 0 Å². The molecule has 1 aromatic heterocycles. The molecule has 44 valence electrons. The zero-order valence-electron chi connectivity index (χ0n) is 4.51. The number of aryl methyl sites for hydroxylation is 1. The zero-order chi connectivity index (χ0) is 5.98. The maximum atomic E-state index is 4.08. The van der Waals surface area contributed by atoms with E-state index < -0.39 is 0 Å². The molecule has 1 rings (SSSR count). The van der Waals surface area contributed by atoms with Crippen LogP contribution in [0.15, 0.2) is 18.3 Å². The van der Waals surface area contributed by atoms with E-state index in [0.717, 1.165) is 4.21 Å². The maximum absolute atomic E-state index is 4.08. The molecule has 2 heteroatoms. The summed E-state index contributed by atoms with van der Waals surface area (Å²) < 4.78 is 1.12. The summed E-state index contributed by atoms with van der Waals surface area (Å²) in [5, 5.41) is 0. The summed E-state index contributed by atoms with van der Waals surface area (Å²) in [4.78, 5) is 4.08. The van der Waals surface area contributed by atoms with Crippen molar-refractivity contribution in [3.05, 3.63) is 23.9 Å². The average Bonchev–Trinajstić information content (AvgIpc) is 1.77. The first kappa shape index (κ1) is 5.93. The number of hydrogen-bond acceptors (Lipinski definition) is 1. The molecule has 0 saturated carbocycles. The molecule has 0 aliphatic heterocycles. The summed E-state index contributed by atoms with van der Waals surface area (Å²) in [5.74, 6) is 0. The van der Waals surface area contributed by atoms with Crippen LogP contribution in [0.25, 0.3) is 0 Å². The third-order valence-corrected chi connectivity index (χ3v) is 2.18. The van der Waals surface area contributed by atoms with Crippen molar-refractivity contribution >= 4 is 4.21 Å². The van der Waals surface area contributed by atoms with Gasteiger partial charge in [-0.3, -0.25) is 0 Å². The Morgan fingerprint density at radius 2 is 2.38 bits per heavy atom. The number of nitrogens with zero attached hydrogens (tertiary/aromatic N) is 1. The van der Waals surface area contributed by atoms with E-state index in [1.807, 2.05) is 31.2 Å². The van der Waals surface area contributed by atoms with Crippen molar-refractivity contribution in [2.24, 2.45) is 0 Å². The van der Waals surface area contributed by atoms with Crippen LogP contribution in [0.5, 0.6) is 0 Å². The van der Waals surface area contributed by atoms with Gasteiger partial charge in [-0.1, -0.05) is 0 Å². The Labute approximate surface area is 59.3 Å². The van der Waals surface area contributed by atoms with Crippen molar-refractivity contribution in [3.63, 3.8) is 0 Å². The normalized spacial score (nSPS) is 9.38. The fourth-order valence-electron chi connectivity index (χ4n) is 0.459. The van der Waals surface area contributed by atoms with Gasteiger partial charge in [0.2, 0.25) is 0 Å². The summed E-state index contributed by atoms with van der Waals surface area (Å²) >= 11 is 2.01. The van der Waals surface area contributed by atoms with Gasteiger partial charge in [-0.15, -0.1) is 0 Å². The second kappa shape index (κ2) is 2.38. The Morgan fingerprint density at radius 3 is 2.75 bits per heavy atom. The number of aromatic nitrogens is 1. The summed E-state index contributed by atoms with van der Waals surface area (Å²) in [5.41, 5.74) is 1.26. The van der Waals surface area contributed by atoms with Crippen molar-refractivity contribution in [1.29, 1.82) is 0 Å². The topological polar surface area (TPSA) is 12.9 Å². The molecule has 0 radical (unpaired) electrons. The van der Waals surface area contributed by atoms with Gasteiger partial charge in [0, 0.05) is 0 Å². The number of pyridine rings is 1. The molecule has 0 amide bonds. The Bertz CT molecular complexity index is 165. The van der Waals surface area contributed by atoms with E-state index >= 15 is 0 Å². The van der Waals surface area contributed by atoms with Gasteiger partial charge in [0.15, 0.2) is 0 Å². The van der Waals surface area contributed by atoms with Crippen LogP contribution in [0.4, 0.5) is 0 Å². The average molecular weight is 284 g/mol. The molecule has 0 aromatic carbocycles. The third kappa shape index (κ3) is 1.15. The van der Waals surface area contributed by atoms with E-state index in [2.05, 4.69) is 18.0 Å². The second-order valence-electron chi connectivity index (χ2n) is 1.59. The molecule has 1 heterocycles. The predicted molar refractivity (Wildman–Crippen MR) is 28.6 cm³/mol. The van der Waals surface area contributed by atoms with Gasteiger partial charge in [0.1, 0.15) is 0 Å². The van der Waals surface area contributed by atoms with Crippen molar-refractivity contribution in [3.8, 4) is 0 Å². The fourth-order valence-corrected chi connectivity index (χ4v) is 0.837. The Morgan fingerprint density at radius 1 is 1.62 bits per heavy atom. The molecule has 0 bridgehead atoms. The first-order valence-corrected chi connectivity index (χ1v) is 3.55. The van der Waals surface area contributed by atoms with Crippen molar-refractivity contribution < 1.29 is 18.9 Å². The van der Waals surface area contributed by atoms with Gasteiger partial charge in [0.25, 0.3) is 0 Å². The standard InChI is InChI=1S/C6H6N.Ir/c1-6-3-2-4-7-5-6;/h2-4H,1H3;. The van der Waals surface area contributed by atoms with Crippen LogP contribution in [-0.4, -0.2) is 4.98 Å². The SMILES string of the molecule is Cc1cccn[c]1[Ir]. The van der Waals surface area contributed by atoms with Gasteiger partial charge in [-0.25, -0.2) is 0 Å². The van der Waals surface area contributed by atoms with E-state index in [-0.39, 0.29) is 0 Å². The van der Waals surface area contributed by atoms with Gasteiger partial charge >= 0.3 is 58.9 Å². The van der Waals surface area contributed by atoms with E-state index in [1.165, 1.54) is 5.56 Å². The van der Waals surface area contributed by atoms with Crippen LogP contribution in [0, 0.1) is 6.92 Å².